The van der Waals surface area contributed by atoms with Gasteiger partial charge >= 0.3 is 0 Å². The third-order valence-electron chi connectivity index (χ3n) is 2.73. The van der Waals surface area contributed by atoms with Crippen molar-refractivity contribution in [3.63, 3.8) is 0 Å². The standard InChI is InChI=1S/C12H17N3S/c1-10-5-8-16-12(10)9-13-6-3-11-4-7-14-15(11)2/h4-5,7-8,13H,3,6,9H2,1-2H3. The second-order valence-corrected chi connectivity index (χ2v) is 4.90. The molecule has 0 aliphatic heterocycles. The Balaban J connectivity index is 1.74. The summed E-state index contributed by atoms with van der Waals surface area (Å²) in [4.78, 5) is 1.44. The van der Waals surface area contributed by atoms with Crippen LogP contribution in [0.4, 0.5) is 0 Å². The maximum absolute atomic E-state index is 4.15. The van der Waals surface area contributed by atoms with E-state index in [-0.39, 0.29) is 0 Å². The third-order valence-corrected chi connectivity index (χ3v) is 3.76. The summed E-state index contributed by atoms with van der Waals surface area (Å²) in [5.74, 6) is 0. The van der Waals surface area contributed by atoms with Crippen molar-refractivity contribution in [2.75, 3.05) is 6.54 Å². The Bertz CT molecular complexity index is 402. The van der Waals surface area contributed by atoms with E-state index in [2.05, 4.69) is 34.9 Å². The predicted molar refractivity (Wildman–Crippen MR) is 67.7 cm³/mol. The van der Waals surface area contributed by atoms with Gasteiger partial charge in [0, 0.05) is 43.3 Å². The van der Waals surface area contributed by atoms with Crippen molar-refractivity contribution in [1.82, 2.24) is 15.1 Å². The van der Waals surface area contributed by atoms with E-state index in [1.165, 1.54) is 16.1 Å². The highest BCUT2D eigenvalue weighted by Crippen LogP contribution is 2.14. The van der Waals surface area contributed by atoms with Gasteiger partial charge in [0.25, 0.3) is 0 Å². The molecule has 0 aromatic carbocycles. The Labute approximate surface area is 100 Å². The molecule has 0 unspecified atom stereocenters. The fraction of sp³-hybridized carbons (Fsp3) is 0.417. The molecule has 2 aromatic heterocycles. The zero-order valence-corrected chi connectivity index (χ0v) is 10.5. The second kappa shape index (κ2) is 5.27. The van der Waals surface area contributed by atoms with Gasteiger partial charge in [0.2, 0.25) is 0 Å². The molecule has 0 spiro atoms. The first-order valence-electron chi connectivity index (χ1n) is 5.48. The van der Waals surface area contributed by atoms with Crippen molar-refractivity contribution in [3.05, 3.63) is 39.8 Å². The van der Waals surface area contributed by atoms with E-state index in [9.17, 15) is 0 Å². The first-order chi connectivity index (χ1) is 7.77. The van der Waals surface area contributed by atoms with Gasteiger partial charge in [0.05, 0.1) is 0 Å². The highest BCUT2D eigenvalue weighted by atomic mass is 32.1. The minimum Gasteiger partial charge on any atom is -0.311 e. The number of rotatable bonds is 5. The fourth-order valence-corrected chi connectivity index (χ4v) is 2.53. The van der Waals surface area contributed by atoms with Crippen molar-refractivity contribution >= 4 is 11.3 Å². The molecule has 0 aliphatic rings. The molecule has 86 valence electrons. The van der Waals surface area contributed by atoms with Crippen LogP contribution in [-0.2, 0) is 20.0 Å². The zero-order chi connectivity index (χ0) is 11.4. The highest BCUT2D eigenvalue weighted by Gasteiger charge is 2.00. The Morgan fingerprint density at radius 1 is 1.44 bits per heavy atom. The van der Waals surface area contributed by atoms with Gasteiger partial charge in [-0.1, -0.05) is 0 Å². The smallest absolute Gasteiger partial charge is 0.0492 e. The van der Waals surface area contributed by atoms with E-state index in [4.69, 9.17) is 0 Å². The number of aromatic nitrogens is 2. The topological polar surface area (TPSA) is 29.9 Å². The summed E-state index contributed by atoms with van der Waals surface area (Å²) in [5, 5.41) is 9.76. The summed E-state index contributed by atoms with van der Waals surface area (Å²) in [5.41, 5.74) is 2.66. The van der Waals surface area contributed by atoms with Crippen LogP contribution in [0.3, 0.4) is 0 Å². The first kappa shape index (κ1) is 11.4. The van der Waals surface area contributed by atoms with Crippen LogP contribution in [0.25, 0.3) is 0 Å². The lowest BCUT2D eigenvalue weighted by molar-refractivity contribution is 0.645. The molecule has 0 amide bonds. The third kappa shape index (κ3) is 2.71. The molecule has 2 heterocycles. The van der Waals surface area contributed by atoms with E-state index in [0.717, 1.165) is 19.5 Å². The Morgan fingerprint density at radius 2 is 2.31 bits per heavy atom. The van der Waals surface area contributed by atoms with Crippen molar-refractivity contribution in [3.8, 4) is 0 Å². The molecular formula is C12H17N3S. The molecule has 2 aromatic rings. The van der Waals surface area contributed by atoms with Crippen molar-refractivity contribution in [2.24, 2.45) is 7.05 Å². The molecule has 0 bridgehead atoms. The largest absolute Gasteiger partial charge is 0.311 e. The lowest BCUT2D eigenvalue weighted by atomic mass is 10.3. The van der Waals surface area contributed by atoms with E-state index in [1.54, 1.807) is 0 Å². The monoisotopic (exact) mass is 235 g/mol. The molecule has 3 nitrogen and oxygen atoms in total. The van der Waals surface area contributed by atoms with Crippen LogP contribution in [0.1, 0.15) is 16.1 Å². The number of aryl methyl sites for hydroxylation is 2. The number of thiophene rings is 1. The second-order valence-electron chi connectivity index (χ2n) is 3.90. The Morgan fingerprint density at radius 3 is 2.94 bits per heavy atom. The highest BCUT2D eigenvalue weighted by molar-refractivity contribution is 7.10. The molecule has 0 radical (unpaired) electrons. The van der Waals surface area contributed by atoms with Crippen LogP contribution in [0, 0.1) is 6.92 Å². The van der Waals surface area contributed by atoms with Gasteiger partial charge in [-0.3, -0.25) is 4.68 Å². The quantitative estimate of drug-likeness (QED) is 0.805. The van der Waals surface area contributed by atoms with Gasteiger partial charge in [-0.25, -0.2) is 0 Å². The molecule has 1 N–H and O–H groups in total. The molecule has 2 rings (SSSR count). The summed E-state index contributed by atoms with van der Waals surface area (Å²) in [7, 11) is 1.98. The SMILES string of the molecule is Cc1ccsc1CNCCc1ccnn1C. The molecule has 0 saturated carbocycles. The van der Waals surface area contributed by atoms with Crippen LogP contribution >= 0.6 is 11.3 Å². The van der Waals surface area contributed by atoms with Crippen molar-refractivity contribution in [2.45, 2.75) is 19.9 Å². The summed E-state index contributed by atoms with van der Waals surface area (Å²) < 4.78 is 1.93. The van der Waals surface area contributed by atoms with Gasteiger partial charge in [-0.05, 0) is 30.0 Å². The van der Waals surface area contributed by atoms with E-state index >= 15 is 0 Å². The molecule has 0 fully saturated rings. The van der Waals surface area contributed by atoms with E-state index in [1.807, 2.05) is 29.3 Å². The van der Waals surface area contributed by atoms with Gasteiger partial charge < -0.3 is 5.32 Å². The summed E-state index contributed by atoms with van der Waals surface area (Å²) in [6, 6.07) is 4.24. The summed E-state index contributed by atoms with van der Waals surface area (Å²) in [6.45, 7) is 4.13. The number of hydrogen-bond donors (Lipinski definition) is 1. The minimum absolute atomic E-state index is 0.974. The summed E-state index contributed by atoms with van der Waals surface area (Å²) >= 11 is 1.82. The zero-order valence-electron chi connectivity index (χ0n) is 9.73. The van der Waals surface area contributed by atoms with Crippen molar-refractivity contribution in [1.29, 1.82) is 0 Å². The van der Waals surface area contributed by atoms with E-state index < -0.39 is 0 Å². The molecule has 16 heavy (non-hydrogen) atoms. The number of nitrogens with one attached hydrogen (secondary N) is 1. The van der Waals surface area contributed by atoms with Gasteiger partial charge in [0.15, 0.2) is 0 Å². The molecule has 0 saturated heterocycles. The van der Waals surface area contributed by atoms with E-state index in [0.29, 0.717) is 0 Å². The summed E-state index contributed by atoms with van der Waals surface area (Å²) in [6.07, 6.45) is 2.87. The lowest BCUT2D eigenvalue weighted by Gasteiger charge is -2.04. The van der Waals surface area contributed by atoms with Gasteiger partial charge in [-0.2, -0.15) is 5.10 Å². The average molecular weight is 235 g/mol. The van der Waals surface area contributed by atoms with Crippen molar-refractivity contribution < 1.29 is 0 Å². The minimum atomic E-state index is 0.974. The Hall–Kier alpha value is -1.13. The number of hydrogen-bond acceptors (Lipinski definition) is 3. The number of nitrogens with zero attached hydrogens (tertiary/aromatic N) is 2. The molecular weight excluding hydrogens is 218 g/mol. The maximum Gasteiger partial charge on any atom is 0.0492 e. The van der Waals surface area contributed by atoms with Crippen LogP contribution in [0.5, 0.6) is 0 Å². The molecule has 0 atom stereocenters. The maximum atomic E-state index is 4.15. The lowest BCUT2D eigenvalue weighted by Crippen LogP contribution is -2.17. The predicted octanol–water partition coefficient (Wildman–Crippen LogP) is 2.12. The van der Waals surface area contributed by atoms with Crippen LogP contribution in [0.15, 0.2) is 23.7 Å². The van der Waals surface area contributed by atoms with Crippen LogP contribution in [-0.4, -0.2) is 16.3 Å². The van der Waals surface area contributed by atoms with Gasteiger partial charge in [0.1, 0.15) is 0 Å². The normalized spacial score (nSPS) is 10.9. The van der Waals surface area contributed by atoms with Gasteiger partial charge in [-0.15, -0.1) is 11.3 Å². The van der Waals surface area contributed by atoms with Crippen LogP contribution < -0.4 is 5.32 Å². The fourth-order valence-electron chi connectivity index (χ4n) is 1.65. The molecule has 0 aliphatic carbocycles. The Kier molecular flexibility index (Phi) is 3.74. The van der Waals surface area contributed by atoms with Crippen LogP contribution in [0.2, 0.25) is 0 Å². The first-order valence-corrected chi connectivity index (χ1v) is 6.36. The molecule has 4 heteroatoms. The average Bonchev–Trinajstić information content (AvgIpc) is 2.84.